The highest BCUT2D eigenvalue weighted by Crippen LogP contribution is 2.17. The summed E-state index contributed by atoms with van der Waals surface area (Å²) in [6, 6.07) is 12.2. The third kappa shape index (κ3) is 4.52. The number of hydrogen-bond acceptors (Lipinski definition) is 4. The SMILES string of the molecule is COCCCn1c(=S)[nH]c2cc(C(=O)Nc3cccc(Br)c3)ccc2c1=O. The summed E-state index contributed by atoms with van der Waals surface area (Å²) in [5.41, 5.74) is 1.47. The normalized spacial score (nSPS) is 10.9. The maximum atomic E-state index is 12.7. The van der Waals surface area contributed by atoms with Gasteiger partial charge in [-0.05, 0) is 55.0 Å². The Balaban J connectivity index is 1.91. The number of anilines is 1. The van der Waals surface area contributed by atoms with Gasteiger partial charge in [0.05, 0.1) is 10.9 Å². The van der Waals surface area contributed by atoms with Crippen molar-refractivity contribution in [3.8, 4) is 0 Å². The third-order valence-corrected chi connectivity index (χ3v) is 4.87. The quantitative estimate of drug-likeness (QED) is 0.440. The van der Waals surface area contributed by atoms with Crippen LogP contribution in [0.25, 0.3) is 10.9 Å². The molecule has 1 aromatic heterocycles. The van der Waals surface area contributed by atoms with Crippen molar-refractivity contribution in [3.05, 3.63) is 67.6 Å². The van der Waals surface area contributed by atoms with Gasteiger partial charge in [0.25, 0.3) is 11.5 Å². The summed E-state index contributed by atoms with van der Waals surface area (Å²) < 4.78 is 7.73. The number of amides is 1. The van der Waals surface area contributed by atoms with E-state index in [2.05, 4.69) is 26.2 Å². The summed E-state index contributed by atoms with van der Waals surface area (Å²) in [4.78, 5) is 28.2. The van der Waals surface area contributed by atoms with E-state index in [9.17, 15) is 9.59 Å². The molecule has 6 nitrogen and oxygen atoms in total. The van der Waals surface area contributed by atoms with Crippen LogP contribution in [-0.4, -0.2) is 29.2 Å². The second-order valence-electron chi connectivity index (χ2n) is 5.96. The molecule has 2 N–H and O–H groups in total. The zero-order chi connectivity index (χ0) is 19.4. The Kier molecular flexibility index (Phi) is 6.20. The van der Waals surface area contributed by atoms with E-state index in [1.807, 2.05) is 18.2 Å². The fourth-order valence-corrected chi connectivity index (χ4v) is 3.42. The molecule has 0 bridgehead atoms. The van der Waals surface area contributed by atoms with Crippen LogP contribution < -0.4 is 10.9 Å². The summed E-state index contributed by atoms with van der Waals surface area (Å²) in [6.07, 6.45) is 0.687. The number of nitrogens with one attached hydrogen (secondary N) is 2. The molecule has 0 saturated heterocycles. The van der Waals surface area contributed by atoms with Crippen molar-refractivity contribution in [1.29, 1.82) is 0 Å². The maximum Gasteiger partial charge on any atom is 0.262 e. The van der Waals surface area contributed by atoms with E-state index >= 15 is 0 Å². The van der Waals surface area contributed by atoms with Gasteiger partial charge in [-0.15, -0.1) is 0 Å². The number of carbonyl (C=O) groups excluding carboxylic acids is 1. The zero-order valence-corrected chi connectivity index (χ0v) is 17.0. The Hall–Kier alpha value is -2.29. The molecule has 1 amide bonds. The second kappa shape index (κ2) is 8.60. The molecule has 2 aromatic carbocycles. The fraction of sp³-hybridized carbons (Fsp3) is 0.211. The first-order valence-electron chi connectivity index (χ1n) is 8.32. The first-order valence-corrected chi connectivity index (χ1v) is 9.52. The number of nitrogens with zero attached hydrogens (tertiary/aromatic N) is 1. The van der Waals surface area contributed by atoms with Gasteiger partial charge in [0.1, 0.15) is 0 Å². The van der Waals surface area contributed by atoms with Gasteiger partial charge in [-0.3, -0.25) is 14.2 Å². The number of aromatic nitrogens is 2. The van der Waals surface area contributed by atoms with Crippen molar-refractivity contribution in [2.75, 3.05) is 19.0 Å². The topological polar surface area (TPSA) is 76.1 Å². The smallest absolute Gasteiger partial charge is 0.262 e. The van der Waals surface area contributed by atoms with Crippen LogP contribution in [0, 0.1) is 4.77 Å². The highest BCUT2D eigenvalue weighted by Gasteiger charge is 2.11. The molecular formula is C19H18BrN3O3S. The predicted octanol–water partition coefficient (Wildman–Crippen LogP) is 4.11. The molecule has 0 radical (unpaired) electrons. The van der Waals surface area contributed by atoms with E-state index in [0.29, 0.717) is 46.5 Å². The Morgan fingerprint density at radius 1 is 1.30 bits per heavy atom. The van der Waals surface area contributed by atoms with Gasteiger partial charge < -0.3 is 15.0 Å². The number of rotatable bonds is 6. The van der Waals surface area contributed by atoms with Crippen LogP contribution >= 0.6 is 28.1 Å². The van der Waals surface area contributed by atoms with Crippen molar-refractivity contribution in [3.63, 3.8) is 0 Å². The minimum absolute atomic E-state index is 0.177. The summed E-state index contributed by atoms with van der Waals surface area (Å²) in [6.45, 7) is 1.02. The monoisotopic (exact) mass is 447 g/mol. The molecule has 3 aromatic rings. The van der Waals surface area contributed by atoms with Gasteiger partial charge in [-0.2, -0.15) is 0 Å². The largest absolute Gasteiger partial charge is 0.385 e. The lowest BCUT2D eigenvalue weighted by molar-refractivity contribution is 0.102. The summed E-state index contributed by atoms with van der Waals surface area (Å²) in [5.74, 6) is -0.265. The van der Waals surface area contributed by atoms with Gasteiger partial charge in [0.2, 0.25) is 0 Å². The number of benzene rings is 2. The number of ether oxygens (including phenoxy) is 1. The minimum Gasteiger partial charge on any atom is -0.385 e. The first kappa shape index (κ1) is 19.5. The van der Waals surface area contributed by atoms with Gasteiger partial charge >= 0.3 is 0 Å². The van der Waals surface area contributed by atoms with Crippen LogP contribution in [0.3, 0.4) is 0 Å². The molecule has 0 aliphatic rings. The van der Waals surface area contributed by atoms with E-state index in [1.165, 1.54) is 4.57 Å². The van der Waals surface area contributed by atoms with Gasteiger partial charge in [0, 0.05) is 36.0 Å². The molecule has 0 aliphatic heterocycles. The van der Waals surface area contributed by atoms with E-state index in [1.54, 1.807) is 31.4 Å². The van der Waals surface area contributed by atoms with Crippen molar-refractivity contribution < 1.29 is 9.53 Å². The molecule has 27 heavy (non-hydrogen) atoms. The second-order valence-corrected chi connectivity index (χ2v) is 7.26. The van der Waals surface area contributed by atoms with Crippen LogP contribution in [-0.2, 0) is 11.3 Å². The lowest BCUT2D eigenvalue weighted by atomic mass is 10.1. The van der Waals surface area contributed by atoms with Crippen molar-refractivity contribution in [2.45, 2.75) is 13.0 Å². The Morgan fingerprint density at radius 3 is 2.85 bits per heavy atom. The first-order chi connectivity index (χ1) is 13.0. The molecule has 8 heteroatoms. The van der Waals surface area contributed by atoms with E-state index in [-0.39, 0.29) is 11.5 Å². The average molecular weight is 448 g/mol. The van der Waals surface area contributed by atoms with Crippen molar-refractivity contribution >= 4 is 50.6 Å². The van der Waals surface area contributed by atoms with Gasteiger partial charge in [0.15, 0.2) is 4.77 Å². The Morgan fingerprint density at radius 2 is 2.11 bits per heavy atom. The summed E-state index contributed by atoms with van der Waals surface area (Å²) in [7, 11) is 1.62. The number of H-pyrrole nitrogens is 1. The zero-order valence-electron chi connectivity index (χ0n) is 14.6. The Labute approximate surface area is 169 Å². The molecule has 3 rings (SSSR count). The van der Waals surface area contributed by atoms with Crippen LogP contribution in [0.2, 0.25) is 0 Å². The predicted molar refractivity (Wildman–Crippen MR) is 112 cm³/mol. The number of hydrogen-bond donors (Lipinski definition) is 2. The molecule has 140 valence electrons. The average Bonchev–Trinajstić information content (AvgIpc) is 2.64. The van der Waals surface area contributed by atoms with E-state index in [4.69, 9.17) is 17.0 Å². The molecule has 0 spiro atoms. The van der Waals surface area contributed by atoms with Crippen LogP contribution in [0.15, 0.2) is 51.7 Å². The van der Waals surface area contributed by atoms with Crippen molar-refractivity contribution in [1.82, 2.24) is 9.55 Å². The number of fused-ring (bicyclic) bond motifs is 1. The summed E-state index contributed by atoms with van der Waals surface area (Å²) >= 11 is 8.68. The molecule has 0 atom stereocenters. The summed E-state index contributed by atoms with van der Waals surface area (Å²) in [5, 5.41) is 3.32. The molecule has 1 heterocycles. The van der Waals surface area contributed by atoms with Crippen molar-refractivity contribution in [2.24, 2.45) is 0 Å². The standard InChI is InChI=1S/C19H18BrN3O3S/c1-26-9-3-8-23-18(25)15-7-6-12(10-16(15)22-19(23)27)17(24)21-14-5-2-4-13(20)11-14/h2,4-7,10-11H,3,8-9H2,1H3,(H,21,24)(H,22,27). The fourth-order valence-electron chi connectivity index (χ4n) is 2.74. The maximum absolute atomic E-state index is 12.7. The molecular weight excluding hydrogens is 430 g/mol. The van der Waals surface area contributed by atoms with Crippen LogP contribution in [0.5, 0.6) is 0 Å². The van der Waals surface area contributed by atoms with E-state index in [0.717, 1.165) is 4.47 Å². The van der Waals surface area contributed by atoms with Crippen LogP contribution in [0.4, 0.5) is 5.69 Å². The number of aromatic amines is 1. The number of carbonyl (C=O) groups is 1. The minimum atomic E-state index is -0.265. The van der Waals surface area contributed by atoms with Gasteiger partial charge in [-0.1, -0.05) is 22.0 Å². The molecule has 0 aliphatic carbocycles. The van der Waals surface area contributed by atoms with E-state index < -0.39 is 0 Å². The lowest BCUT2D eigenvalue weighted by Crippen LogP contribution is -2.23. The lowest BCUT2D eigenvalue weighted by Gasteiger charge is -2.09. The molecule has 0 unspecified atom stereocenters. The highest BCUT2D eigenvalue weighted by molar-refractivity contribution is 9.10. The van der Waals surface area contributed by atoms with Gasteiger partial charge in [-0.25, -0.2) is 0 Å². The third-order valence-electron chi connectivity index (χ3n) is 4.06. The molecule has 0 saturated carbocycles. The molecule has 0 fully saturated rings. The van der Waals surface area contributed by atoms with Crippen LogP contribution in [0.1, 0.15) is 16.8 Å². The number of halogens is 1. The Bertz CT molecular complexity index is 1110. The highest BCUT2D eigenvalue weighted by atomic mass is 79.9. The number of methoxy groups -OCH3 is 1.